The first-order valence-corrected chi connectivity index (χ1v) is 10.4. The van der Waals surface area contributed by atoms with Crippen molar-refractivity contribution in [3.8, 4) is 11.1 Å². The first-order valence-electron chi connectivity index (χ1n) is 9.53. The molecular formula is C21H26N4OS. The fraction of sp³-hybridized carbons (Fsp3) is 0.381. The Balaban J connectivity index is 1.72. The molecule has 6 heteroatoms. The molecule has 0 spiro atoms. The molecular weight excluding hydrogens is 356 g/mol. The van der Waals surface area contributed by atoms with Crippen LogP contribution in [0.25, 0.3) is 21.3 Å². The van der Waals surface area contributed by atoms with E-state index in [1.54, 1.807) is 17.7 Å². The molecule has 1 amide bonds. The normalized spacial score (nSPS) is 10.9. The van der Waals surface area contributed by atoms with Crippen LogP contribution in [0.15, 0.2) is 42.0 Å². The molecule has 0 aliphatic rings. The number of thiophene rings is 1. The van der Waals surface area contributed by atoms with Crippen molar-refractivity contribution in [1.82, 2.24) is 14.9 Å². The summed E-state index contributed by atoms with van der Waals surface area (Å²) in [4.78, 5) is 24.1. The number of fused-ring (bicyclic) bond motifs is 1. The molecule has 0 aliphatic carbocycles. The molecule has 1 aromatic carbocycles. The van der Waals surface area contributed by atoms with Gasteiger partial charge in [0.15, 0.2) is 0 Å². The van der Waals surface area contributed by atoms with Crippen molar-refractivity contribution >= 4 is 33.3 Å². The smallest absolute Gasteiger partial charge is 0.224 e. The van der Waals surface area contributed by atoms with Crippen molar-refractivity contribution in [2.24, 2.45) is 0 Å². The number of rotatable bonds is 9. The summed E-state index contributed by atoms with van der Waals surface area (Å²) in [5.74, 6) is 0.988. The molecule has 0 saturated heterocycles. The van der Waals surface area contributed by atoms with E-state index in [1.165, 1.54) is 0 Å². The molecule has 0 bridgehead atoms. The monoisotopic (exact) mass is 382 g/mol. The van der Waals surface area contributed by atoms with Crippen molar-refractivity contribution in [3.05, 3.63) is 42.0 Å². The summed E-state index contributed by atoms with van der Waals surface area (Å²) in [6.45, 7) is 6.35. The van der Waals surface area contributed by atoms with Crippen LogP contribution in [0.5, 0.6) is 0 Å². The maximum absolute atomic E-state index is 12.4. The number of nitrogens with one attached hydrogen (secondary N) is 1. The second kappa shape index (κ2) is 9.46. The number of unbranched alkanes of at least 4 members (excludes halogenated alkanes) is 1. The fourth-order valence-corrected chi connectivity index (χ4v) is 4.01. The summed E-state index contributed by atoms with van der Waals surface area (Å²) in [7, 11) is 0. The van der Waals surface area contributed by atoms with Gasteiger partial charge in [-0.05, 0) is 18.9 Å². The molecule has 0 unspecified atom stereocenters. The Kier molecular flexibility index (Phi) is 6.76. The van der Waals surface area contributed by atoms with Gasteiger partial charge in [0.05, 0.1) is 5.39 Å². The van der Waals surface area contributed by atoms with E-state index in [1.807, 2.05) is 30.0 Å². The summed E-state index contributed by atoms with van der Waals surface area (Å²) in [5.41, 5.74) is 2.28. The van der Waals surface area contributed by atoms with E-state index in [9.17, 15) is 4.79 Å². The molecule has 2 aromatic heterocycles. The van der Waals surface area contributed by atoms with Crippen molar-refractivity contribution in [2.45, 2.75) is 33.1 Å². The zero-order chi connectivity index (χ0) is 19.1. The highest BCUT2D eigenvalue weighted by Crippen LogP contribution is 2.36. The summed E-state index contributed by atoms with van der Waals surface area (Å²) in [5, 5.41) is 6.50. The van der Waals surface area contributed by atoms with Gasteiger partial charge in [0.1, 0.15) is 17.0 Å². The lowest BCUT2D eigenvalue weighted by atomic mass is 10.1. The van der Waals surface area contributed by atoms with Crippen LogP contribution in [0.4, 0.5) is 5.82 Å². The van der Waals surface area contributed by atoms with Gasteiger partial charge in [0.25, 0.3) is 0 Å². The van der Waals surface area contributed by atoms with E-state index in [0.717, 1.165) is 53.1 Å². The molecule has 2 heterocycles. The van der Waals surface area contributed by atoms with Crippen molar-refractivity contribution in [1.29, 1.82) is 0 Å². The fourth-order valence-electron chi connectivity index (χ4n) is 3.09. The number of benzene rings is 1. The van der Waals surface area contributed by atoms with Gasteiger partial charge in [0.2, 0.25) is 5.91 Å². The Bertz CT molecular complexity index is 878. The topological polar surface area (TPSA) is 58.1 Å². The summed E-state index contributed by atoms with van der Waals surface area (Å²) in [6.07, 6.45) is 4.20. The molecule has 5 nitrogen and oxygen atoms in total. The maximum Gasteiger partial charge on any atom is 0.224 e. The van der Waals surface area contributed by atoms with Crippen molar-refractivity contribution < 1.29 is 4.79 Å². The van der Waals surface area contributed by atoms with Crippen LogP contribution in [0.3, 0.4) is 0 Å². The molecule has 3 rings (SSSR count). The summed E-state index contributed by atoms with van der Waals surface area (Å²) >= 11 is 1.61. The van der Waals surface area contributed by atoms with Crippen molar-refractivity contribution in [3.63, 3.8) is 0 Å². The minimum atomic E-state index is 0.192. The number of nitrogens with zero attached hydrogens (tertiary/aromatic N) is 3. The minimum Gasteiger partial charge on any atom is -0.369 e. The van der Waals surface area contributed by atoms with E-state index in [-0.39, 0.29) is 5.91 Å². The number of hydrogen-bond acceptors (Lipinski definition) is 5. The van der Waals surface area contributed by atoms with Crippen LogP contribution < -0.4 is 5.32 Å². The number of carbonyl (C=O) groups is 1. The van der Waals surface area contributed by atoms with Crippen LogP contribution in [-0.2, 0) is 4.79 Å². The molecule has 0 aliphatic heterocycles. The molecule has 0 radical (unpaired) electrons. The van der Waals surface area contributed by atoms with E-state index in [0.29, 0.717) is 13.0 Å². The number of anilines is 1. The number of hydrogen-bond donors (Lipinski definition) is 1. The van der Waals surface area contributed by atoms with Crippen LogP contribution in [0.1, 0.15) is 33.1 Å². The van der Waals surface area contributed by atoms with Crippen LogP contribution in [0, 0.1) is 0 Å². The Morgan fingerprint density at radius 3 is 2.74 bits per heavy atom. The van der Waals surface area contributed by atoms with Gasteiger partial charge in [-0.15, -0.1) is 11.3 Å². The third kappa shape index (κ3) is 4.63. The predicted molar refractivity (Wildman–Crippen MR) is 113 cm³/mol. The summed E-state index contributed by atoms with van der Waals surface area (Å²) < 4.78 is 0. The Labute approximate surface area is 164 Å². The molecule has 0 atom stereocenters. The average molecular weight is 383 g/mol. The van der Waals surface area contributed by atoms with E-state index < -0.39 is 0 Å². The molecule has 0 fully saturated rings. The number of carbonyl (C=O) groups excluding carboxylic acids is 1. The quantitative estimate of drug-likeness (QED) is 0.577. The van der Waals surface area contributed by atoms with Gasteiger partial charge in [-0.25, -0.2) is 9.97 Å². The van der Waals surface area contributed by atoms with Gasteiger partial charge < -0.3 is 10.2 Å². The van der Waals surface area contributed by atoms with Gasteiger partial charge in [-0.3, -0.25) is 4.79 Å². The zero-order valence-corrected chi connectivity index (χ0v) is 16.8. The summed E-state index contributed by atoms with van der Waals surface area (Å²) in [6, 6.07) is 10.3. The highest BCUT2D eigenvalue weighted by molar-refractivity contribution is 7.17. The zero-order valence-electron chi connectivity index (χ0n) is 15.9. The third-order valence-corrected chi connectivity index (χ3v) is 5.49. The lowest BCUT2D eigenvalue weighted by Gasteiger charge is -2.20. The van der Waals surface area contributed by atoms with Gasteiger partial charge in [-0.2, -0.15) is 0 Å². The van der Waals surface area contributed by atoms with Crippen LogP contribution >= 0.6 is 11.3 Å². The standard InChI is InChI=1S/C21H26N4OS/c1-3-5-13-25(4-2)18(26)11-12-22-20-19-17(16-9-7-6-8-10-16)14-27-21(19)24-15-23-20/h6-10,14-15H,3-5,11-13H2,1-2H3,(H,22,23,24). The third-order valence-electron chi connectivity index (χ3n) is 4.60. The Morgan fingerprint density at radius 2 is 2.00 bits per heavy atom. The predicted octanol–water partition coefficient (Wildman–Crippen LogP) is 4.81. The molecule has 27 heavy (non-hydrogen) atoms. The number of aromatic nitrogens is 2. The first-order chi connectivity index (χ1) is 13.2. The van der Waals surface area contributed by atoms with Gasteiger partial charge in [-0.1, -0.05) is 43.7 Å². The van der Waals surface area contributed by atoms with E-state index in [2.05, 4.69) is 39.7 Å². The van der Waals surface area contributed by atoms with Crippen molar-refractivity contribution in [2.75, 3.05) is 25.0 Å². The number of amides is 1. The van der Waals surface area contributed by atoms with Gasteiger partial charge >= 0.3 is 0 Å². The van der Waals surface area contributed by atoms with E-state index in [4.69, 9.17) is 0 Å². The van der Waals surface area contributed by atoms with Crippen LogP contribution in [0.2, 0.25) is 0 Å². The molecule has 0 saturated carbocycles. The second-order valence-electron chi connectivity index (χ2n) is 6.42. The second-order valence-corrected chi connectivity index (χ2v) is 7.28. The lowest BCUT2D eigenvalue weighted by molar-refractivity contribution is -0.130. The SMILES string of the molecule is CCCCN(CC)C(=O)CCNc1ncnc2scc(-c3ccccc3)c12. The highest BCUT2D eigenvalue weighted by Gasteiger charge is 2.14. The van der Waals surface area contributed by atoms with E-state index >= 15 is 0 Å². The Morgan fingerprint density at radius 1 is 1.19 bits per heavy atom. The first kappa shape index (κ1) is 19.3. The molecule has 1 N–H and O–H groups in total. The van der Waals surface area contributed by atoms with Crippen LogP contribution in [-0.4, -0.2) is 40.4 Å². The largest absolute Gasteiger partial charge is 0.369 e. The maximum atomic E-state index is 12.4. The molecule has 142 valence electrons. The average Bonchev–Trinajstić information content (AvgIpc) is 3.14. The highest BCUT2D eigenvalue weighted by atomic mass is 32.1. The minimum absolute atomic E-state index is 0.192. The Hall–Kier alpha value is -2.47. The lowest BCUT2D eigenvalue weighted by Crippen LogP contribution is -2.32. The van der Waals surface area contributed by atoms with Gasteiger partial charge in [0, 0.05) is 37.0 Å². The molecule has 3 aromatic rings.